The fourth-order valence-corrected chi connectivity index (χ4v) is 3.01. The molecule has 1 saturated carbocycles. The maximum absolute atomic E-state index is 6.21. The van der Waals surface area contributed by atoms with Gasteiger partial charge in [-0.2, -0.15) is 0 Å². The Labute approximate surface area is 117 Å². The van der Waals surface area contributed by atoms with Crippen molar-refractivity contribution in [1.82, 2.24) is 4.90 Å². The van der Waals surface area contributed by atoms with Crippen LogP contribution in [0.4, 0.5) is 0 Å². The molecule has 0 bridgehead atoms. The lowest BCUT2D eigenvalue weighted by Gasteiger charge is -2.43. The number of ether oxygens (including phenoxy) is 2. The Hall–Kier alpha value is -0.160. The summed E-state index contributed by atoms with van der Waals surface area (Å²) in [7, 11) is 0. The topological polar surface area (TPSA) is 47.7 Å². The first kappa shape index (κ1) is 15.2. The van der Waals surface area contributed by atoms with Crippen LogP contribution in [0.25, 0.3) is 0 Å². The maximum atomic E-state index is 6.21. The number of morpholine rings is 1. The van der Waals surface area contributed by atoms with E-state index in [9.17, 15) is 0 Å². The van der Waals surface area contributed by atoms with E-state index in [1.165, 1.54) is 12.8 Å². The quantitative estimate of drug-likeness (QED) is 0.825. The number of hydrogen-bond acceptors (Lipinski definition) is 4. The van der Waals surface area contributed by atoms with Crippen LogP contribution in [0.15, 0.2) is 0 Å². The molecule has 1 aliphatic carbocycles. The van der Waals surface area contributed by atoms with Gasteiger partial charge in [-0.3, -0.25) is 4.90 Å². The Balaban J connectivity index is 1.73. The van der Waals surface area contributed by atoms with Crippen molar-refractivity contribution in [1.29, 1.82) is 0 Å². The highest BCUT2D eigenvalue weighted by molar-refractivity contribution is 4.91. The molecule has 0 aromatic carbocycles. The Morgan fingerprint density at radius 3 is 2.32 bits per heavy atom. The summed E-state index contributed by atoms with van der Waals surface area (Å²) in [6.07, 6.45) is 4.67. The summed E-state index contributed by atoms with van der Waals surface area (Å²) in [4.78, 5) is 2.42. The minimum atomic E-state index is -0.0538. The van der Waals surface area contributed by atoms with E-state index in [4.69, 9.17) is 15.2 Å². The zero-order chi connectivity index (χ0) is 13.8. The molecular formula is C15H30N2O2. The van der Waals surface area contributed by atoms with Gasteiger partial charge in [-0.05, 0) is 31.1 Å². The van der Waals surface area contributed by atoms with Crippen LogP contribution >= 0.6 is 0 Å². The van der Waals surface area contributed by atoms with Crippen molar-refractivity contribution in [2.45, 2.75) is 45.1 Å². The lowest BCUT2D eigenvalue weighted by atomic mass is 9.71. The van der Waals surface area contributed by atoms with Gasteiger partial charge in [0.15, 0.2) is 0 Å². The third-order valence-corrected chi connectivity index (χ3v) is 4.81. The third-order valence-electron chi connectivity index (χ3n) is 4.81. The van der Waals surface area contributed by atoms with E-state index in [0.29, 0.717) is 12.0 Å². The molecule has 112 valence electrons. The van der Waals surface area contributed by atoms with E-state index in [1.807, 2.05) is 0 Å². The highest BCUT2D eigenvalue weighted by Gasteiger charge is 2.38. The molecule has 1 heterocycles. The zero-order valence-electron chi connectivity index (χ0n) is 12.6. The molecule has 0 atom stereocenters. The minimum Gasteiger partial charge on any atom is -0.379 e. The molecule has 0 radical (unpaired) electrons. The van der Waals surface area contributed by atoms with Crippen molar-refractivity contribution in [3.05, 3.63) is 0 Å². The van der Waals surface area contributed by atoms with Gasteiger partial charge in [0.1, 0.15) is 0 Å². The van der Waals surface area contributed by atoms with E-state index in [-0.39, 0.29) is 5.60 Å². The summed E-state index contributed by atoms with van der Waals surface area (Å²) in [5, 5.41) is 0. The normalized spacial score (nSPS) is 27.3. The van der Waals surface area contributed by atoms with Crippen LogP contribution in [-0.2, 0) is 9.47 Å². The molecule has 2 fully saturated rings. The van der Waals surface area contributed by atoms with Crippen molar-refractivity contribution in [2.75, 3.05) is 46.0 Å². The smallest absolute Gasteiger partial charge is 0.0805 e. The summed E-state index contributed by atoms with van der Waals surface area (Å²) in [5.74, 6) is 0. The molecule has 0 unspecified atom stereocenters. The molecule has 4 nitrogen and oxygen atoms in total. The largest absolute Gasteiger partial charge is 0.379 e. The van der Waals surface area contributed by atoms with E-state index >= 15 is 0 Å². The molecule has 0 aromatic heterocycles. The van der Waals surface area contributed by atoms with Gasteiger partial charge < -0.3 is 15.2 Å². The van der Waals surface area contributed by atoms with E-state index in [1.54, 1.807) is 0 Å². The number of nitrogens with zero attached hydrogens (tertiary/aromatic N) is 1. The highest BCUT2D eigenvalue weighted by atomic mass is 16.5. The van der Waals surface area contributed by atoms with Crippen LogP contribution in [0, 0.1) is 5.41 Å². The second-order valence-corrected chi connectivity index (χ2v) is 6.85. The van der Waals surface area contributed by atoms with E-state index in [2.05, 4.69) is 18.7 Å². The van der Waals surface area contributed by atoms with Crippen molar-refractivity contribution >= 4 is 0 Å². The van der Waals surface area contributed by atoms with Gasteiger partial charge in [-0.25, -0.2) is 0 Å². The second-order valence-electron chi connectivity index (χ2n) is 6.85. The molecule has 4 heteroatoms. The van der Waals surface area contributed by atoms with Gasteiger partial charge in [0.05, 0.1) is 25.4 Å². The first-order chi connectivity index (χ1) is 9.05. The summed E-state index contributed by atoms with van der Waals surface area (Å²) in [5.41, 5.74) is 6.40. The summed E-state index contributed by atoms with van der Waals surface area (Å²) >= 11 is 0. The fraction of sp³-hybridized carbons (Fsp3) is 1.00. The molecule has 2 N–H and O–H groups in total. The van der Waals surface area contributed by atoms with E-state index < -0.39 is 0 Å². The van der Waals surface area contributed by atoms with Crippen LogP contribution in [0.2, 0.25) is 0 Å². The number of nitrogens with two attached hydrogens (primary N) is 1. The maximum Gasteiger partial charge on any atom is 0.0805 e. The van der Waals surface area contributed by atoms with Gasteiger partial charge in [0, 0.05) is 26.2 Å². The molecule has 0 aromatic rings. The van der Waals surface area contributed by atoms with Crippen LogP contribution in [0.1, 0.15) is 39.5 Å². The summed E-state index contributed by atoms with van der Waals surface area (Å²) in [6.45, 7) is 10.9. The van der Waals surface area contributed by atoms with Gasteiger partial charge in [0.2, 0.25) is 0 Å². The fourth-order valence-electron chi connectivity index (χ4n) is 3.01. The van der Waals surface area contributed by atoms with Crippen molar-refractivity contribution in [2.24, 2.45) is 11.1 Å². The van der Waals surface area contributed by atoms with Crippen LogP contribution < -0.4 is 5.73 Å². The van der Waals surface area contributed by atoms with Crippen molar-refractivity contribution < 1.29 is 9.47 Å². The predicted molar refractivity (Wildman–Crippen MR) is 77.2 cm³/mol. The van der Waals surface area contributed by atoms with Crippen molar-refractivity contribution in [3.8, 4) is 0 Å². The van der Waals surface area contributed by atoms with Crippen LogP contribution in [0.3, 0.4) is 0 Å². The van der Waals surface area contributed by atoms with Gasteiger partial charge in [0.25, 0.3) is 0 Å². The Bertz CT molecular complexity index is 265. The van der Waals surface area contributed by atoms with Crippen LogP contribution in [0.5, 0.6) is 0 Å². The molecule has 2 aliphatic rings. The van der Waals surface area contributed by atoms with E-state index in [0.717, 1.165) is 52.3 Å². The molecular weight excluding hydrogens is 240 g/mol. The average Bonchev–Trinajstić information content (AvgIpc) is 2.42. The second kappa shape index (κ2) is 6.53. The average molecular weight is 270 g/mol. The molecule has 2 rings (SSSR count). The first-order valence-electron chi connectivity index (χ1n) is 7.69. The minimum absolute atomic E-state index is 0.0538. The Morgan fingerprint density at radius 1 is 1.11 bits per heavy atom. The standard InChI is InChI=1S/C15H30N2O2/c1-14(2)3-5-15(13-16,6-4-14)19-12-9-17-7-10-18-11-8-17/h3-13,16H2,1-2H3. The van der Waals surface area contributed by atoms with Crippen molar-refractivity contribution in [3.63, 3.8) is 0 Å². The zero-order valence-corrected chi connectivity index (χ0v) is 12.6. The molecule has 0 spiro atoms. The molecule has 19 heavy (non-hydrogen) atoms. The highest BCUT2D eigenvalue weighted by Crippen LogP contribution is 2.41. The van der Waals surface area contributed by atoms with Gasteiger partial charge in [-0.15, -0.1) is 0 Å². The lowest BCUT2D eigenvalue weighted by Crippen LogP contribution is -2.47. The summed E-state index contributed by atoms with van der Waals surface area (Å²) in [6, 6.07) is 0. The summed E-state index contributed by atoms with van der Waals surface area (Å²) < 4.78 is 11.6. The first-order valence-corrected chi connectivity index (χ1v) is 7.69. The predicted octanol–water partition coefficient (Wildman–Crippen LogP) is 1.63. The number of hydrogen-bond donors (Lipinski definition) is 1. The number of rotatable bonds is 5. The molecule has 1 saturated heterocycles. The Morgan fingerprint density at radius 2 is 1.74 bits per heavy atom. The molecule has 1 aliphatic heterocycles. The Kier molecular flexibility index (Phi) is 5.23. The van der Waals surface area contributed by atoms with Gasteiger partial charge in [-0.1, -0.05) is 13.8 Å². The van der Waals surface area contributed by atoms with Crippen LogP contribution in [-0.4, -0.2) is 56.5 Å². The SMILES string of the molecule is CC1(C)CCC(CN)(OCCN2CCOCC2)CC1. The monoisotopic (exact) mass is 270 g/mol. The van der Waals surface area contributed by atoms with Gasteiger partial charge >= 0.3 is 0 Å². The lowest BCUT2D eigenvalue weighted by molar-refractivity contribution is -0.0897. The third kappa shape index (κ3) is 4.42. The molecule has 0 amide bonds.